The van der Waals surface area contributed by atoms with Crippen LogP contribution in [0.3, 0.4) is 0 Å². The van der Waals surface area contributed by atoms with Crippen LogP contribution in [-0.4, -0.2) is 17.5 Å². The number of carbonyl (C=O) groups excluding carboxylic acids is 1. The molecule has 0 amide bonds. The predicted molar refractivity (Wildman–Crippen MR) is 103 cm³/mol. The predicted octanol–water partition coefficient (Wildman–Crippen LogP) is 5.20. The van der Waals surface area contributed by atoms with Crippen molar-refractivity contribution >= 4 is 17.2 Å². The number of hydrogen-bond acceptors (Lipinski definition) is 2. The van der Waals surface area contributed by atoms with Gasteiger partial charge in [0.1, 0.15) is 5.75 Å². The summed E-state index contributed by atoms with van der Waals surface area (Å²) in [7, 11) is 0. The highest BCUT2D eigenvalue weighted by molar-refractivity contribution is 5.98. The third kappa shape index (κ3) is 3.60. The van der Waals surface area contributed by atoms with E-state index in [0.717, 1.165) is 29.5 Å². The molecule has 0 spiro atoms. The van der Waals surface area contributed by atoms with Crippen LogP contribution in [0.5, 0.6) is 5.75 Å². The van der Waals surface area contributed by atoms with Crippen LogP contribution in [0.1, 0.15) is 49.2 Å². The monoisotopic (exact) mass is 335 g/mol. The molecule has 0 fully saturated rings. The largest absolute Gasteiger partial charge is 0.494 e. The van der Waals surface area contributed by atoms with Crippen molar-refractivity contribution in [2.75, 3.05) is 6.61 Å². The molecule has 3 heteroatoms. The maximum Gasteiger partial charge on any atom is 0.152 e. The molecule has 0 N–H and O–H groups in total. The normalized spacial score (nSPS) is 11.7. The fraction of sp³-hybridized carbons (Fsp3) is 0.318. The van der Waals surface area contributed by atoms with Gasteiger partial charge in [0.25, 0.3) is 0 Å². The van der Waals surface area contributed by atoms with Gasteiger partial charge in [0.2, 0.25) is 0 Å². The summed E-state index contributed by atoms with van der Waals surface area (Å²) in [6, 6.07) is 14.6. The second kappa shape index (κ2) is 6.75. The van der Waals surface area contributed by atoms with Crippen molar-refractivity contribution < 1.29 is 9.53 Å². The molecule has 0 aliphatic rings. The molecule has 0 saturated carbocycles. The summed E-state index contributed by atoms with van der Waals surface area (Å²) in [5, 5.41) is 0.937. The average Bonchev–Trinajstić information content (AvgIpc) is 2.92. The van der Waals surface area contributed by atoms with E-state index in [9.17, 15) is 4.79 Å². The molecule has 3 rings (SSSR count). The Labute approximate surface area is 149 Å². The summed E-state index contributed by atoms with van der Waals surface area (Å²) in [6.07, 6.45) is 2.84. The summed E-state index contributed by atoms with van der Waals surface area (Å²) in [5.41, 5.74) is 4.44. The molecular weight excluding hydrogens is 310 g/mol. The average molecular weight is 335 g/mol. The first-order valence-electron chi connectivity index (χ1n) is 8.72. The van der Waals surface area contributed by atoms with E-state index >= 15 is 0 Å². The first-order valence-corrected chi connectivity index (χ1v) is 8.72. The lowest BCUT2D eigenvalue weighted by Crippen LogP contribution is -2.11. The summed E-state index contributed by atoms with van der Waals surface area (Å²) in [5.74, 6) is 0.797. The van der Waals surface area contributed by atoms with Crippen LogP contribution in [0.4, 0.5) is 0 Å². The van der Waals surface area contributed by atoms with Crippen molar-refractivity contribution in [3.05, 3.63) is 65.4 Å². The quantitative estimate of drug-likeness (QED) is 0.600. The van der Waals surface area contributed by atoms with Gasteiger partial charge in [-0.1, -0.05) is 45.0 Å². The standard InChI is InChI=1S/C22H25NO2/c1-5-25-19-10-11-21-20(12-19)17(15-24)14-23(21)13-16-6-8-18(9-7-16)22(2,3)4/h6-12,14-15H,5,13H2,1-4H3. The second-order valence-electron chi connectivity index (χ2n) is 7.39. The van der Waals surface area contributed by atoms with Gasteiger partial charge in [-0.3, -0.25) is 4.79 Å². The molecule has 1 aromatic heterocycles. The van der Waals surface area contributed by atoms with Crippen molar-refractivity contribution in [1.29, 1.82) is 0 Å². The maximum atomic E-state index is 11.5. The van der Waals surface area contributed by atoms with Gasteiger partial charge < -0.3 is 9.30 Å². The molecule has 3 nitrogen and oxygen atoms in total. The summed E-state index contributed by atoms with van der Waals surface area (Å²) in [6.45, 7) is 9.96. The zero-order valence-corrected chi connectivity index (χ0v) is 15.4. The van der Waals surface area contributed by atoms with E-state index in [0.29, 0.717) is 12.2 Å². The highest BCUT2D eigenvalue weighted by atomic mass is 16.5. The Bertz CT molecular complexity index is 883. The lowest BCUT2D eigenvalue weighted by molar-refractivity contribution is 0.112. The lowest BCUT2D eigenvalue weighted by atomic mass is 9.87. The number of fused-ring (bicyclic) bond motifs is 1. The number of hydrogen-bond donors (Lipinski definition) is 0. The molecule has 0 saturated heterocycles. The SMILES string of the molecule is CCOc1ccc2c(c1)c(C=O)cn2Cc1ccc(C(C)(C)C)cc1. The summed E-state index contributed by atoms with van der Waals surface area (Å²) >= 11 is 0. The lowest BCUT2D eigenvalue weighted by Gasteiger charge is -2.19. The fourth-order valence-corrected chi connectivity index (χ4v) is 3.09. The first-order chi connectivity index (χ1) is 11.9. The molecule has 0 aliphatic carbocycles. The third-order valence-electron chi connectivity index (χ3n) is 4.49. The Kier molecular flexibility index (Phi) is 4.67. The minimum atomic E-state index is 0.152. The Morgan fingerprint density at radius 2 is 1.80 bits per heavy atom. The van der Waals surface area contributed by atoms with E-state index in [2.05, 4.69) is 49.6 Å². The maximum absolute atomic E-state index is 11.5. The van der Waals surface area contributed by atoms with E-state index in [1.807, 2.05) is 31.3 Å². The molecule has 2 aromatic carbocycles. The summed E-state index contributed by atoms with van der Waals surface area (Å²) < 4.78 is 7.69. The molecule has 0 unspecified atom stereocenters. The van der Waals surface area contributed by atoms with Gasteiger partial charge in [-0.05, 0) is 41.7 Å². The molecule has 1 heterocycles. The Morgan fingerprint density at radius 3 is 2.40 bits per heavy atom. The number of rotatable bonds is 5. The highest BCUT2D eigenvalue weighted by Crippen LogP contribution is 2.27. The van der Waals surface area contributed by atoms with Crippen molar-refractivity contribution in [2.24, 2.45) is 0 Å². The number of aldehydes is 1. The van der Waals surface area contributed by atoms with Crippen molar-refractivity contribution in [1.82, 2.24) is 4.57 Å². The van der Waals surface area contributed by atoms with Crippen LogP contribution in [-0.2, 0) is 12.0 Å². The molecule has 0 radical (unpaired) electrons. The number of ether oxygens (including phenoxy) is 1. The number of benzene rings is 2. The zero-order chi connectivity index (χ0) is 18.0. The van der Waals surface area contributed by atoms with Gasteiger partial charge in [-0.15, -0.1) is 0 Å². The number of aromatic nitrogens is 1. The smallest absolute Gasteiger partial charge is 0.152 e. The minimum absolute atomic E-state index is 0.152. The number of nitrogens with zero attached hydrogens (tertiary/aromatic N) is 1. The van der Waals surface area contributed by atoms with Gasteiger partial charge >= 0.3 is 0 Å². The first kappa shape index (κ1) is 17.3. The highest BCUT2D eigenvalue weighted by Gasteiger charge is 2.14. The molecule has 0 bridgehead atoms. The van der Waals surface area contributed by atoms with Crippen molar-refractivity contribution in [2.45, 2.75) is 39.7 Å². The number of carbonyl (C=O) groups is 1. The molecule has 0 atom stereocenters. The van der Waals surface area contributed by atoms with E-state index in [1.54, 1.807) is 0 Å². The van der Waals surface area contributed by atoms with Crippen LogP contribution in [0.25, 0.3) is 10.9 Å². The van der Waals surface area contributed by atoms with Crippen LogP contribution >= 0.6 is 0 Å². The van der Waals surface area contributed by atoms with Crippen LogP contribution in [0, 0.1) is 0 Å². The molecule has 0 aliphatic heterocycles. The Morgan fingerprint density at radius 1 is 1.08 bits per heavy atom. The van der Waals surface area contributed by atoms with Crippen LogP contribution in [0.15, 0.2) is 48.7 Å². The van der Waals surface area contributed by atoms with Crippen molar-refractivity contribution in [3.8, 4) is 5.75 Å². The fourth-order valence-electron chi connectivity index (χ4n) is 3.09. The zero-order valence-electron chi connectivity index (χ0n) is 15.4. The van der Waals surface area contributed by atoms with Crippen molar-refractivity contribution in [3.63, 3.8) is 0 Å². The van der Waals surface area contributed by atoms with E-state index < -0.39 is 0 Å². The van der Waals surface area contributed by atoms with Crippen LogP contribution in [0.2, 0.25) is 0 Å². The third-order valence-corrected chi connectivity index (χ3v) is 4.49. The van der Waals surface area contributed by atoms with Gasteiger partial charge in [0.05, 0.1) is 6.61 Å². The second-order valence-corrected chi connectivity index (χ2v) is 7.39. The molecule has 25 heavy (non-hydrogen) atoms. The van der Waals surface area contributed by atoms with E-state index in [1.165, 1.54) is 11.1 Å². The topological polar surface area (TPSA) is 31.2 Å². The van der Waals surface area contributed by atoms with Crippen LogP contribution < -0.4 is 4.74 Å². The minimum Gasteiger partial charge on any atom is -0.494 e. The molecule has 3 aromatic rings. The van der Waals surface area contributed by atoms with Gasteiger partial charge in [-0.2, -0.15) is 0 Å². The Hall–Kier alpha value is -2.55. The van der Waals surface area contributed by atoms with Gasteiger partial charge in [-0.25, -0.2) is 0 Å². The van der Waals surface area contributed by atoms with Gasteiger partial charge in [0, 0.05) is 29.2 Å². The van der Waals surface area contributed by atoms with Gasteiger partial charge in [0.15, 0.2) is 6.29 Å². The molecular formula is C22H25NO2. The summed E-state index contributed by atoms with van der Waals surface area (Å²) in [4.78, 5) is 11.5. The van der Waals surface area contributed by atoms with E-state index in [4.69, 9.17) is 4.74 Å². The Balaban J connectivity index is 1.94. The van der Waals surface area contributed by atoms with E-state index in [-0.39, 0.29) is 5.41 Å². The molecule has 130 valence electrons.